The van der Waals surface area contributed by atoms with Crippen LogP contribution in [0.2, 0.25) is 0 Å². The van der Waals surface area contributed by atoms with Crippen LogP contribution in [0, 0.1) is 5.92 Å². The van der Waals surface area contributed by atoms with Gasteiger partial charge < -0.3 is 10.4 Å². The highest BCUT2D eigenvalue weighted by molar-refractivity contribution is 9.10. The van der Waals surface area contributed by atoms with Crippen LogP contribution in [0.25, 0.3) is 0 Å². The lowest BCUT2D eigenvalue weighted by Gasteiger charge is -2.27. The predicted octanol–water partition coefficient (Wildman–Crippen LogP) is 2.48. The molecule has 2 rings (SSSR count). The Labute approximate surface area is 98.8 Å². The number of benzene rings is 1. The molecule has 0 spiro atoms. The van der Waals surface area contributed by atoms with Gasteiger partial charge in [-0.2, -0.15) is 0 Å². The van der Waals surface area contributed by atoms with Crippen molar-refractivity contribution < 1.29 is 5.11 Å². The lowest BCUT2D eigenvalue weighted by Crippen LogP contribution is -2.33. The molecule has 0 saturated carbocycles. The second kappa shape index (κ2) is 5.10. The molecule has 82 valence electrons. The van der Waals surface area contributed by atoms with E-state index in [1.165, 1.54) is 0 Å². The van der Waals surface area contributed by atoms with Crippen LogP contribution in [0.5, 0.6) is 0 Å². The highest BCUT2D eigenvalue weighted by Crippen LogP contribution is 2.27. The maximum Gasteiger partial charge on any atom is 0.0830 e. The van der Waals surface area contributed by atoms with Gasteiger partial charge in [0.05, 0.1) is 6.10 Å². The Balaban J connectivity index is 2.05. The molecule has 1 fully saturated rings. The summed E-state index contributed by atoms with van der Waals surface area (Å²) in [5.74, 6) is 0.361. The fourth-order valence-corrected chi connectivity index (χ4v) is 2.34. The van der Waals surface area contributed by atoms with Gasteiger partial charge in [0.25, 0.3) is 0 Å². The Morgan fingerprint density at radius 1 is 1.33 bits per heavy atom. The molecule has 0 aliphatic carbocycles. The number of rotatable bonds is 2. The molecule has 0 bridgehead atoms. The van der Waals surface area contributed by atoms with Crippen molar-refractivity contribution >= 4 is 15.9 Å². The van der Waals surface area contributed by atoms with E-state index in [1.54, 1.807) is 0 Å². The van der Waals surface area contributed by atoms with Crippen molar-refractivity contribution in [1.29, 1.82) is 0 Å². The standard InChI is InChI=1S/C12H16BrNO/c13-11-5-3-9(4-6-11)12(15)10-2-1-7-14-8-10/h3-6,10,12,14-15H,1-2,7-8H2/t10-,12+/m1/s1. The van der Waals surface area contributed by atoms with Crippen molar-refractivity contribution in [3.63, 3.8) is 0 Å². The quantitative estimate of drug-likeness (QED) is 0.865. The summed E-state index contributed by atoms with van der Waals surface area (Å²) in [5.41, 5.74) is 1.02. The summed E-state index contributed by atoms with van der Waals surface area (Å²) >= 11 is 3.40. The normalized spacial score (nSPS) is 23.7. The molecular formula is C12H16BrNO. The number of aliphatic hydroxyl groups excluding tert-OH is 1. The largest absolute Gasteiger partial charge is 0.388 e. The number of halogens is 1. The van der Waals surface area contributed by atoms with Gasteiger partial charge >= 0.3 is 0 Å². The average molecular weight is 270 g/mol. The third-order valence-electron chi connectivity index (χ3n) is 2.99. The highest BCUT2D eigenvalue weighted by Gasteiger charge is 2.22. The second-order valence-corrected chi connectivity index (χ2v) is 5.02. The Morgan fingerprint density at radius 2 is 2.07 bits per heavy atom. The molecule has 0 aromatic heterocycles. The first kappa shape index (κ1) is 11.1. The zero-order valence-corrected chi connectivity index (χ0v) is 10.2. The maximum atomic E-state index is 10.2. The zero-order chi connectivity index (χ0) is 10.7. The minimum atomic E-state index is -0.328. The van der Waals surface area contributed by atoms with Gasteiger partial charge in [0.1, 0.15) is 0 Å². The Morgan fingerprint density at radius 3 is 2.67 bits per heavy atom. The number of aliphatic hydroxyl groups is 1. The summed E-state index contributed by atoms with van der Waals surface area (Å²) in [6.07, 6.45) is 1.95. The van der Waals surface area contributed by atoms with Crippen molar-refractivity contribution in [2.75, 3.05) is 13.1 Å². The molecule has 1 aromatic carbocycles. The molecule has 1 aromatic rings. The summed E-state index contributed by atoms with van der Waals surface area (Å²) in [7, 11) is 0. The Hall–Kier alpha value is -0.380. The molecular weight excluding hydrogens is 254 g/mol. The first-order chi connectivity index (χ1) is 7.27. The van der Waals surface area contributed by atoms with E-state index in [0.29, 0.717) is 5.92 Å². The van der Waals surface area contributed by atoms with Gasteiger partial charge in [0, 0.05) is 16.9 Å². The van der Waals surface area contributed by atoms with E-state index in [9.17, 15) is 5.11 Å². The number of hydrogen-bond donors (Lipinski definition) is 2. The van der Waals surface area contributed by atoms with Crippen LogP contribution in [0.15, 0.2) is 28.7 Å². The summed E-state index contributed by atoms with van der Waals surface area (Å²) in [6, 6.07) is 7.94. The lowest BCUT2D eigenvalue weighted by atomic mass is 9.89. The van der Waals surface area contributed by atoms with Crippen LogP contribution < -0.4 is 5.32 Å². The third kappa shape index (κ3) is 2.80. The zero-order valence-electron chi connectivity index (χ0n) is 8.62. The van der Waals surface area contributed by atoms with Crippen LogP contribution in [0.4, 0.5) is 0 Å². The van der Waals surface area contributed by atoms with Gasteiger partial charge in [-0.3, -0.25) is 0 Å². The fourth-order valence-electron chi connectivity index (χ4n) is 2.08. The Bertz CT molecular complexity index is 306. The summed E-state index contributed by atoms with van der Waals surface area (Å²) < 4.78 is 1.06. The summed E-state index contributed by atoms with van der Waals surface area (Å²) in [5, 5.41) is 13.5. The molecule has 3 heteroatoms. The van der Waals surface area contributed by atoms with E-state index < -0.39 is 0 Å². The average Bonchev–Trinajstić information content (AvgIpc) is 2.30. The number of nitrogens with one attached hydrogen (secondary N) is 1. The van der Waals surface area contributed by atoms with Gasteiger partial charge in [-0.05, 0) is 37.1 Å². The van der Waals surface area contributed by atoms with Crippen LogP contribution in [-0.2, 0) is 0 Å². The second-order valence-electron chi connectivity index (χ2n) is 4.10. The molecule has 0 radical (unpaired) electrons. The summed E-state index contributed by atoms with van der Waals surface area (Å²) in [6.45, 7) is 2.01. The fraction of sp³-hybridized carbons (Fsp3) is 0.500. The summed E-state index contributed by atoms with van der Waals surface area (Å²) in [4.78, 5) is 0. The van der Waals surface area contributed by atoms with E-state index in [0.717, 1.165) is 36.0 Å². The van der Waals surface area contributed by atoms with E-state index in [4.69, 9.17) is 0 Å². The first-order valence-corrected chi connectivity index (χ1v) is 6.21. The monoisotopic (exact) mass is 269 g/mol. The van der Waals surface area contributed by atoms with Crippen LogP contribution in [0.1, 0.15) is 24.5 Å². The minimum absolute atomic E-state index is 0.328. The molecule has 1 aliphatic rings. The van der Waals surface area contributed by atoms with Crippen LogP contribution in [0.3, 0.4) is 0 Å². The van der Waals surface area contributed by atoms with Crippen molar-refractivity contribution in [1.82, 2.24) is 5.32 Å². The molecule has 0 amide bonds. The molecule has 2 nitrogen and oxygen atoms in total. The number of piperidine rings is 1. The van der Waals surface area contributed by atoms with E-state index >= 15 is 0 Å². The molecule has 1 heterocycles. The number of hydrogen-bond acceptors (Lipinski definition) is 2. The first-order valence-electron chi connectivity index (χ1n) is 5.41. The topological polar surface area (TPSA) is 32.3 Å². The van der Waals surface area contributed by atoms with Crippen LogP contribution >= 0.6 is 15.9 Å². The molecule has 2 N–H and O–H groups in total. The molecule has 1 aliphatic heterocycles. The van der Waals surface area contributed by atoms with Crippen molar-refractivity contribution in [2.45, 2.75) is 18.9 Å². The Kier molecular flexibility index (Phi) is 3.78. The van der Waals surface area contributed by atoms with Crippen LogP contribution in [-0.4, -0.2) is 18.2 Å². The smallest absolute Gasteiger partial charge is 0.0830 e. The highest BCUT2D eigenvalue weighted by atomic mass is 79.9. The van der Waals surface area contributed by atoms with Gasteiger partial charge in [-0.1, -0.05) is 28.1 Å². The minimum Gasteiger partial charge on any atom is -0.388 e. The maximum absolute atomic E-state index is 10.2. The van der Waals surface area contributed by atoms with E-state index in [-0.39, 0.29) is 6.10 Å². The van der Waals surface area contributed by atoms with E-state index in [1.807, 2.05) is 24.3 Å². The van der Waals surface area contributed by atoms with Gasteiger partial charge in [0.2, 0.25) is 0 Å². The SMILES string of the molecule is O[C@@H](c1ccc(Br)cc1)[C@@H]1CCCNC1. The van der Waals surface area contributed by atoms with Gasteiger partial charge in [0.15, 0.2) is 0 Å². The lowest BCUT2D eigenvalue weighted by molar-refractivity contribution is 0.0921. The predicted molar refractivity (Wildman–Crippen MR) is 64.7 cm³/mol. The van der Waals surface area contributed by atoms with Crippen molar-refractivity contribution in [2.24, 2.45) is 5.92 Å². The molecule has 15 heavy (non-hydrogen) atoms. The van der Waals surface area contributed by atoms with Gasteiger partial charge in [-0.25, -0.2) is 0 Å². The molecule has 2 atom stereocenters. The van der Waals surface area contributed by atoms with Gasteiger partial charge in [-0.15, -0.1) is 0 Å². The van der Waals surface area contributed by atoms with E-state index in [2.05, 4.69) is 21.2 Å². The molecule has 1 saturated heterocycles. The van der Waals surface area contributed by atoms with Crippen molar-refractivity contribution in [3.05, 3.63) is 34.3 Å². The van der Waals surface area contributed by atoms with Crippen molar-refractivity contribution in [3.8, 4) is 0 Å². The molecule has 0 unspecified atom stereocenters. The third-order valence-corrected chi connectivity index (χ3v) is 3.52.